The maximum Gasteiger partial charge on any atom is 0.419 e. The van der Waals surface area contributed by atoms with Crippen LogP contribution in [-0.2, 0) is 17.8 Å². The molecule has 0 saturated heterocycles. The van der Waals surface area contributed by atoms with Crippen LogP contribution in [0, 0.1) is 0 Å². The highest BCUT2D eigenvalue weighted by Gasteiger charge is 2.24. The fourth-order valence-electron chi connectivity index (χ4n) is 3.34. The van der Waals surface area contributed by atoms with Gasteiger partial charge in [0, 0.05) is 24.9 Å². The SMILES string of the molecule is O=C(CCn1c(=O)oc2ccccc21)NC1CCCc2occc21. The lowest BCUT2D eigenvalue weighted by molar-refractivity contribution is -0.122. The number of nitrogens with zero attached hydrogens (tertiary/aromatic N) is 1. The number of benzene rings is 1. The van der Waals surface area contributed by atoms with E-state index < -0.39 is 5.76 Å². The second kappa shape index (κ2) is 6.03. The van der Waals surface area contributed by atoms with Crippen molar-refractivity contribution in [2.75, 3.05) is 0 Å². The van der Waals surface area contributed by atoms with Gasteiger partial charge in [0.25, 0.3) is 0 Å². The summed E-state index contributed by atoms with van der Waals surface area (Å²) in [6.07, 6.45) is 4.73. The topological polar surface area (TPSA) is 77.4 Å². The Hall–Kier alpha value is -2.76. The van der Waals surface area contributed by atoms with E-state index in [1.165, 1.54) is 4.57 Å². The van der Waals surface area contributed by atoms with E-state index in [0.717, 1.165) is 30.6 Å². The number of nitrogens with one attached hydrogen (secondary N) is 1. The van der Waals surface area contributed by atoms with Gasteiger partial charge in [-0.2, -0.15) is 0 Å². The smallest absolute Gasteiger partial charge is 0.419 e. The van der Waals surface area contributed by atoms with Gasteiger partial charge in [0.1, 0.15) is 5.76 Å². The van der Waals surface area contributed by atoms with Crippen molar-refractivity contribution < 1.29 is 13.6 Å². The Kier molecular flexibility index (Phi) is 3.72. The number of fused-ring (bicyclic) bond motifs is 2. The van der Waals surface area contributed by atoms with Crippen molar-refractivity contribution in [3.05, 3.63) is 58.5 Å². The number of hydrogen-bond acceptors (Lipinski definition) is 4. The van der Waals surface area contributed by atoms with Gasteiger partial charge in [0.05, 0.1) is 17.8 Å². The molecule has 0 saturated carbocycles. The molecular weight excluding hydrogens is 308 g/mol. The lowest BCUT2D eigenvalue weighted by atomic mass is 9.93. The lowest BCUT2D eigenvalue weighted by Crippen LogP contribution is -2.31. The predicted molar refractivity (Wildman–Crippen MR) is 87.6 cm³/mol. The fraction of sp³-hybridized carbons (Fsp3) is 0.333. The minimum atomic E-state index is -0.432. The first-order chi connectivity index (χ1) is 11.7. The van der Waals surface area contributed by atoms with Gasteiger partial charge in [-0.25, -0.2) is 4.79 Å². The van der Waals surface area contributed by atoms with E-state index in [0.29, 0.717) is 17.6 Å². The first-order valence-corrected chi connectivity index (χ1v) is 8.16. The van der Waals surface area contributed by atoms with E-state index in [9.17, 15) is 9.59 Å². The molecule has 2 aromatic heterocycles. The summed E-state index contributed by atoms with van der Waals surface area (Å²) in [5, 5.41) is 3.05. The van der Waals surface area contributed by atoms with Crippen LogP contribution in [0.2, 0.25) is 0 Å². The summed E-state index contributed by atoms with van der Waals surface area (Å²) in [6, 6.07) is 9.14. The summed E-state index contributed by atoms with van der Waals surface area (Å²) >= 11 is 0. The third kappa shape index (κ3) is 2.64. The first kappa shape index (κ1) is 14.8. The van der Waals surface area contributed by atoms with E-state index in [1.807, 2.05) is 24.3 Å². The highest BCUT2D eigenvalue weighted by molar-refractivity contribution is 5.77. The predicted octanol–water partition coefficient (Wildman–Crippen LogP) is 2.77. The van der Waals surface area contributed by atoms with Gasteiger partial charge >= 0.3 is 5.76 Å². The van der Waals surface area contributed by atoms with Gasteiger partial charge in [-0.05, 0) is 31.0 Å². The monoisotopic (exact) mass is 326 g/mol. The largest absolute Gasteiger partial charge is 0.469 e. The highest BCUT2D eigenvalue weighted by Crippen LogP contribution is 2.30. The van der Waals surface area contributed by atoms with Crippen molar-refractivity contribution in [1.82, 2.24) is 9.88 Å². The molecule has 1 aliphatic carbocycles. The Labute approximate surface area is 138 Å². The summed E-state index contributed by atoms with van der Waals surface area (Å²) in [6.45, 7) is 0.298. The molecule has 1 aromatic carbocycles. The molecule has 4 rings (SSSR count). The Morgan fingerprint density at radius 3 is 3.08 bits per heavy atom. The standard InChI is InChI=1S/C18H18N2O4/c21-17(19-13-4-3-7-15-12(13)9-11-23-15)8-10-20-14-5-1-2-6-16(14)24-18(20)22/h1-2,5-6,9,11,13H,3-4,7-8,10H2,(H,19,21). The van der Waals surface area contributed by atoms with E-state index in [1.54, 1.807) is 12.3 Å². The molecular formula is C18H18N2O4. The van der Waals surface area contributed by atoms with Crippen LogP contribution in [0.15, 0.2) is 50.2 Å². The molecule has 0 aliphatic heterocycles. The van der Waals surface area contributed by atoms with Gasteiger partial charge in [0.2, 0.25) is 5.91 Å². The molecule has 24 heavy (non-hydrogen) atoms. The molecule has 0 radical (unpaired) electrons. The Bertz CT molecular complexity index is 934. The number of hydrogen-bond donors (Lipinski definition) is 1. The molecule has 1 atom stereocenters. The molecule has 1 amide bonds. The van der Waals surface area contributed by atoms with Crippen molar-refractivity contribution in [2.45, 2.75) is 38.3 Å². The molecule has 2 heterocycles. The second-order valence-electron chi connectivity index (χ2n) is 6.05. The number of carbonyl (C=O) groups is 1. The molecule has 1 unspecified atom stereocenters. The third-order valence-electron chi connectivity index (χ3n) is 4.52. The fourth-order valence-corrected chi connectivity index (χ4v) is 3.34. The number of aromatic nitrogens is 1. The number of aryl methyl sites for hydroxylation is 2. The van der Waals surface area contributed by atoms with Gasteiger partial charge in [-0.1, -0.05) is 12.1 Å². The van der Waals surface area contributed by atoms with E-state index in [4.69, 9.17) is 8.83 Å². The van der Waals surface area contributed by atoms with Gasteiger partial charge < -0.3 is 14.2 Å². The van der Waals surface area contributed by atoms with Crippen molar-refractivity contribution in [1.29, 1.82) is 0 Å². The lowest BCUT2D eigenvalue weighted by Gasteiger charge is -2.22. The highest BCUT2D eigenvalue weighted by atomic mass is 16.4. The van der Waals surface area contributed by atoms with E-state index >= 15 is 0 Å². The average Bonchev–Trinajstić information content (AvgIpc) is 3.17. The van der Waals surface area contributed by atoms with Crippen LogP contribution in [0.4, 0.5) is 0 Å². The van der Waals surface area contributed by atoms with Crippen LogP contribution in [0.1, 0.15) is 36.6 Å². The molecule has 0 spiro atoms. The normalized spacial score (nSPS) is 16.9. The van der Waals surface area contributed by atoms with Crippen LogP contribution in [0.5, 0.6) is 0 Å². The molecule has 0 fully saturated rings. The summed E-state index contributed by atoms with van der Waals surface area (Å²) in [5.41, 5.74) is 2.32. The molecule has 3 aromatic rings. The zero-order valence-electron chi connectivity index (χ0n) is 13.2. The molecule has 124 valence electrons. The van der Waals surface area contributed by atoms with Crippen molar-refractivity contribution in [2.24, 2.45) is 0 Å². The number of carbonyl (C=O) groups excluding carboxylic acids is 1. The number of oxazole rings is 1. The Balaban J connectivity index is 1.44. The van der Waals surface area contributed by atoms with Gasteiger partial charge in [-0.15, -0.1) is 0 Å². The first-order valence-electron chi connectivity index (χ1n) is 8.16. The van der Waals surface area contributed by atoms with Crippen LogP contribution < -0.4 is 11.1 Å². The Morgan fingerprint density at radius 2 is 2.17 bits per heavy atom. The van der Waals surface area contributed by atoms with Crippen LogP contribution in [-0.4, -0.2) is 10.5 Å². The summed E-state index contributed by atoms with van der Waals surface area (Å²) < 4.78 is 12.1. The van der Waals surface area contributed by atoms with Crippen LogP contribution in [0.3, 0.4) is 0 Å². The number of amides is 1. The zero-order chi connectivity index (χ0) is 16.5. The zero-order valence-corrected chi connectivity index (χ0v) is 13.2. The third-order valence-corrected chi connectivity index (χ3v) is 4.52. The van der Waals surface area contributed by atoms with Crippen molar-refractivity contribution in [3.63, 3.8) is 0 Å². The minimum absolute atomic E-state index is 0.00202. The number of rotatable bonds is 4. The van der Waals surface area contributed by atoms with Crippen LogP contribution >= 0.6 is 0 Å². The van der Waals surface area contributed by atoms with Crippen molar-refractivity contribution in [3.8, 4) is 0 Å². The van der Waals surface area contributed by atoms with Crippen LogP contribution in [0.25, 0.3) is 11.1 Å². The average molecular weight is 326 g/mol. The molecule has 6 heteroatoms. The molecule has 6 nitrogen and oxygen atoms in total. The molecule has 1 aliphatic rings. The van der Waals surface area contributed by atoms with E-state index in [-0.39, 0.29) is 18.4 Å². The minimum Gasteiger partial charge on any atom is -0.469 e. The molecule has 0 bridgehead atoms. The molecule has 1 N–H and O–H groups in total. The maximum absolute atomic E-state index is 12.3. The maximum atomic E-state index is 12.3. The van der Waals surface area contributed by atoms with E-state index in [2.05, 4.69) is 5.32 Å². The van der Waals surface area contributed by atoms with Gasteiger partial charge in [0.15, 0.2) is 5.58 Å². The Morgan fingerprint density at radius 1 is 1.29 bits per heavy atom. The van der Waals surface area contributed by atoms with Gasteiger partial charge in [-0.3, -0.25) is 9.36 Å². The number of furan rings is 1. The number of para-hydroxylation sites is 2. The summed E-state index contributed by atoms with van der Waals surface area (Å²) in [7, 11) is 0. The van der Waals surface area contributed by atoms with Crippen molar-refractivity contribution >= 4 is 17.0 Å². The summed E-state index contributed by atoms with van der Waals surface area (Å²) in [4.78, 5) is 24.2. The second-order valence-corrected chi connectivity index (χ2v) is 6.05. The quantitative estimate of drug-likeness (QED) is 0.800. The summed E-state index contributed by atoms with van der Waals surface area (Å²) in [5.74, 6) is 0.452.